The monoisotopic (exact) mass is 393 g/mol. The van der Waals surface area contributed by atoms with Gasteiger partial charge in [0.15, 0.2) is 0 Å². The molecule has 0 spiro atoms. The fraction of sp³-hybridized carbons (Fsp3) is 0.250. The third-order valence-corrected chi connectivity index (χ3v) is 4.92. The van der Waals surface area contributed by atoms with E-state index in [0.717, 1.165) is 28.5 Å². The van der Waals surface area contributed by atoms with Gasteiger partial charge in [0.2, 0.25) is 11.7 Å². The minimum Gasteiger partial charge on any atom is -0.360 e. The third-order valence-electron chi connectivity index (χ3n) is 4.92. The number of carbonyl (C=O) groups excluding carboxylic acids is 1. The van der Waals surface area contributed by atoms with Crippen molar-refractivity contribution in [2.45, 2.75) is 25.9 Å². The van der Waals surface area contributed by atoms with Crippen molar-refractivity contribution in [3.63, 3.8) is 0 Å². The van der Waals surface area contributed by atoms with Crippen LogP contribution in [-0.2, 0) is 17.9 Å². The number of hydrogen-bond donors (Lipinski definition) is 1. The normalized spacial score (nSPS) is 13.8. The van der Waals surface area contributed by atoms with Gasteiger partial charge in [0.25, 0.3) is 0 Å². The average Bonchev–Trinajstić information content (AvgIpc) is 3.11. The van der Waals surface area contributed by atoms with E-state index >= 15 is 0 Å². The van der Waals surface area contributed by atoms with Gasteiger partial charge in [-0.2, -0.15) is 0 Å². The second-order valence-electron chi connectivity index (χ2n) is 6.89. The van der Waals surface area contributed by atoms with Gasteiger partial charge in [0.05, 0.1) is 4.92 Å². The third kappa shape index (κ3) is 3.79. The van der Waals surface area contributed by atoms with E-state index in [1.165, 1.54) is 6.20 Å². The van der Waals surface area contributed by atoms with Gasteiger partial charge in [-0.25, -0.2) is 4.98 Å². The summed E-state index contributed by atoms with van der Waals surface area (Å²) in [7, 11) is 0. The minimum absolute atomic E-state index is 0.0575. The molecule has 1 fully saturated rings. The summed E-state index contributed by atoms with van der Waals surface area (Å²) in [5.41, 5.74) is 0.922. The lowest BCUT2D eigenvalue weighted by atomic mass is 10.1. The summed E-state index contributed by atoms with van der Waals surface area (Å²) in [6.07, 6.45) is 2.96. The number of likely N-dealkylation sites (tertiary alicyclic amines) is 1. The van der Waals surface area contributed by atoms with Gasteiger partial charge in [0.1, 0.15) is 5.65 Å². The summed E-state index contributed by atoms with van der Waals surface area (Å²) in [5.74, 6) is 0.120. The van der Waals surface area contributed by atoms with Gasteiger partial charge in [-0.05, 0) is 29.7 Å². The molecule has 3 aromatic rings. The summed E-state index contributed by atoms with van der Waals surface area (Å²) < 4.78 is 1.15. The molecule has 3 heterocycles. The van der Waals surface area contributed by atoms with E-state index in [4.69, 9.17) is 0 Å². The maximum absolute atomic E-state index is 12.4. The molecule has 9 nitrogen and oxygen atoms in total. The molecule has 1 saturated heterocycles. The topological polar surface area (TPSA) is 110 Å². The molecule has 29 heavy (non-hydrogen) atoms. The number of nitrogens with zero attached hydrogens (tertiary/aromatic N) is 4. The number of nitro groups is 1. The van der Waals surface area contributed by atoms with Crippen LogP contribution in [-0.4, -0.2) is 31.7 Å². The number of amides is 1. The van der Waals surface area contributed by atoms with Gasteiger partial charge < -0.3 is 10.2 Å². The number of pyridine rings is 1. The molecule has 1 aliphatic rings. The van der Waals surface area contributed by atoms with Crippen LogP contribution in [0.3, 0.4) is 0 Å². The van der Waals surface area contributed by atoms with E-state index in [1.54, 1.807) is 18.2 Å². The first-order valence-corrected chi connectivity index (χ1v) is 9.28. The summed E-state index contributed by atoms with van der Waals surface area (Å²) in [6.45, 7) is 1.65. The Morgan fingerprint density at radius 3 is 2.55 bits per heavy atom. The standard InChI is InChI=1S/C20H19N5O4/c26-17-5-3-10-23(17)13-15-8-6-14(7-9-15)12-21-19-18(25(28)29)20(27)24-11-2-1-4-16(24)22-19/h1-2,4,6-9,11,21H,3,5,10,12-13H2. The smallest absolute Gasteiger partial charge is 0.360 e. The lowest BCUT2D eigenvalue weighted by Crippen LogP contribution is -2.23. The Hall–Kier alpha value is -3.75. The van der Waals surface area contributed by atoms with Crippen molar-refractivity contribution in [3.05, 3.63) is 80.3 Å². The predicted molar refractivity (Wildman–Crippen MR) is 107 cm³/mol. The van der Waals surface area contributed by atoms with E-state index in [-0.39, 0.29) is 18.3 Å². The second-order valence-corrected chi connectivity index (χ2v) is 6.89. The quantitative estimate of drug-likeness (QED) is 0.508. The van der Waals surface area contributed by atoms with Gasteiger partial charge >= 0.3 is 11.2 Å². The number of carbonyl (C=O) groups is 1. The molecule has 4 rings (SSSR count). The van der Waals surface area contributed by atoms with Crippen molar-refractivity contribution in [2.24, 2.45) is 0 Å². The second kappa shape index (κ2) is 7.70. The van der Waals surface area contributed by atoms with Crippen LogP contribution in [0.4, 0.5) is 11.5 Å². The molecule has 0 bridgehead atoms. The summed E-state index contributed by atoms with van der Waals surface area (Å²) in [4.78, 5) is 41.0. The molecule has 9 heteroatoms. The van der Waals surface area contributed by atoms with E-state index in [1.807, 2.05) is 29.2 Å². The number of fused-ring (bicyclic) bond motifs is 1. The van der Waals surface area contributed by atoms with Crippen LogP contribution in [0, 0.1) is 10.1 Å². The molecule has 0 radical (unpaired) electrons. The van der Waals surface area contributed by atoms with E-state index < -0.39 is 16.2 Å². The summed E-state index contributed by atoms with van der Waals surface area (Å²) in [5, 5.41) is 14.3. The van der Waals surface area contributed by atoms with Crippen LogP contribution in [0.25, 0.3) is 5.65 Å². The number of anilines is 1. The Kier molecular flexibility index (Phi) is 4.94. The van der Waals surface area contributed by atoms with E-state index in [2.05, 4.69) is 10.3 Å². The predicted octanol–water partition coefficient (Wildman–Crippen LogP) is 2.34. The Morgan fingerprint density at radius 1 is 1.10 bits per heavy atom. The highest BCUT2D eigenvalue weighted by Gasteiger charge is 2.23. The highest BCUT2D eigenvalue weighted by Crippen LogP contribution is 2.20. The maximum Gasteiger partial charge on any atom is 0.376 e. The van der Waals surface area contributed by atoms with Gasteiger partial charge in [-0.1, -0.05) is 30.3 Å². The first kappa shape index (κ1) is 18.6. The van der Waals surface area contributed by atoms with Crippen molar-refractivity contribution in [3.8, 4) is 0 Å². The van der Waals surface area contributed by atoms with E-state index in [0.29, 0.717) is 18.6 Å². The van der Waals surface area contributed by atoms with Gasteiger partial charge in [-0.15, -0.1) is 0 Å². The van der Waals surface area contributed by atoms with Crippen molar-refractivity contribution in [1.29, 1.82) is 0 Å². The SMILES string of the molecule is O=C1CCCN1Cc1ccc(CNc2nc3ccccn3c(=O)c2[N+](=O)[O-])cc1. The maximum atomic E-state index is 12.4. The summed E-state index contributed by atoms with van der Waals surface area (Å²) in [6, 6.07) is 12.6. The van der Waals surface area contributed by atoms with Crippen molar-refractivity contribution in [2.75, 3.05) is 11.9 Å². The molecule has 1 N–H and O–H groups in total. The molecule has 0 saturated carbocycles. The molecular weight excluding hydrogens is 374 g/mol. The Morgan fingerprint density at radius 2 is 1.86 bits per heavy atom. The fourth-order valence-electron chi connectivity index (χ4n) is 3.41. The molecule has 1 aliphatic heterocycles. The van der Waals surface area contributed by atoms with E-state index in [9.17, 15) is 19.7 Å². The lowest BCUT2D eigenvalue weighted by molar-refractivity contribution is -0.385. The molecule has 0 aliphatic carbocycles. The number of rotatable bonds is 6. The largest absolute Gasteiger partial charge is 0.376 e. The van der Waals surface area contributed by atoms with Crippen LogP contribution < -0.4 is 10.9 Å². The van der Waals surface area contributed by atoms with Crippen molar-refractivity contribution in [1.82, 2.24) is 14.3 Å². The Bertz CT molecular complexity index is 1140. The number of benzene rings is 1. The van der Waals surface area contributed by atoms with Crippen LogP contribution in [0.2, 0.25) is 0 Å². The van der Waals surface area contributed by atoms with Crippen LogP contribution in [0.1, 0.15) is 24.0 Å². The molecule has 1 amide bonds. The zero-order valence-electron chi connectivity index (χ0n) is 15.6. The zero-order valence-corrected chi connectivity index (χ0v) is 15.6. The lowest BCUT2D eigenvalue weighted by Gasteiger charge is -2.15. The molecule has 148 valence electrons. The van der Waals surface area contributed by atoms with Crippen molar-refractivity contribution < 1.29 is 9.72 Å². The Balaban J connectivity index is 1.52. The van der Waals surface area contributed by atoms with Gasteiger partial charge in [-0.3, -0.25) is 24.1 Å². The Labute approximate surface area is 165 Å². The highest BCUT2D eigenvalue weighted by atomic mass is 16.6. The number of hydrogen-bond acceptors (Lipinski definition) is 6. The molecular formula is C20H19N5O4. The first-order chi connectivity index (χ1) is 14.0. The fourth-order valence-corrected chi connectivity index (χ4v) is 3.41. The number of nitrogens with one attached hydrogen (secondary N) is 1. The molecule has 1 aromatic carbocycles. The molecule has 0 unspecified atom stereocenters. The van der Waals surface area contributed by atoms with Crippen LogP contribution >= 0.6 is 0 Å². The first-order valence-electron chi connectivity index (χ1n) is 9.28. The molecule has 0 atom stereocenters. The number of aromatic nitrogens is 2. The minimum atomic E-state index is -0.728. The van der Waals surface area contributed by atoms with Crippen LogP contribution in [0.15, 0.2) is 53.5 Å². The molecule has 2 aromatic heterocycles. The van der Waals surface area contributed by atoms with Gasteiger partial charge in [0, 0.05) is 32.3 Å². The zero-order chi connectivity index (χ0) is 20.4. The highest BCUT2D eigenvalue weighted by molar-refractivity contribution is 5.78. The van der Waals surface area contributed by atoms with Crippen LogP contribution in [0.5, 0.6) is 0 Å². The van der Waals surface area contributed by atoms with Crippen molar-refractivity contribution >= 4 is 23.1 Å². The average molecular weight is 393 g/mol. The summed E-state index contributed by atoms with van der Waals surface area (Å²) >= 11 is 0.